The summed E-state index contributed by atoms with van der Waals surface area (Å²) in [6.45, 7) is 2.26. The van der Waals surface area contributed by atoms with E-state index in [1.165, 1.54) is 0 Å². The van der Waals surface area contributed by atoms with E-state index in [1.807, 2.05) is 73.6 Å². The van der Waals surface area contributed by atoms with Crippen LogP contribution < -0.4 is 15.5 Å². The number of nitrogens with one attached hydrogen (secondary N) is 2. The van der Waals surface area contributed by atoms with E-state index in [0.717, 1.165) is 16.8 Å². The molecule has 2 amide bonds. The normalized spacial score (nSPS) is 13.0. The van der Waals surface area contributed by atoms with Crippen molar-refractivity contribution in [2.45, 2.75) is 19.1 Å². The fraction of sp³-hybridized carbons (Fsp3) is 0.316. The van der Waals surface area contributed by atoms with Crippen molar-refractivity contribution >= 4 is 11.7 Å². The molecule has 0 aliphatic rings. The lowest BCUT2D eigenvalue weighted by molar-refractivity contribution is 0.0594. The Morgan fingerprint density at radius 2 is 1.67 bits per heavy atom. The monoisotopic (exact) mass is 327 g/mol. The van der Waals surface area contributed by atoms with E-state index in [9.17, 15) is 9.90 Å². The predicted molar refractivity (Wildman–Crippen MR) is 97.0 cm³/mol. The zero-order valence-electron chi connectivity index (χ0n) is 14.4. The largest absolute Gasteiger partial charge is 0.384 e. The first kappa shape index (κ1) is 17.8. The Bertz CT molecular complexity index is 652. The zero-order chi connectivity index (χ0) is 17.6. The van der Waals surface area contributed by atoms with Crippen LogP contribution in [0.25, 0.3) is 0 Å². The molecule has 5 heteroatoms. The van der Waals surface area contributed by atoms with Crippen LogP contribution in [0.1, 0.15) is 18.1 Å². The highest BCUT2D eigenvalue weighted by Gasteiger charge is 2.23. The van der Waals surface area contributed by atoms with Gasteiger partial charge < -0.3 is 20.6 Å². The Morgan fingerprint density at radius 3 is 2.25 bits per heavy atom. The smallest absolute Gasteiger partial charge is 0.315 e. The summed E-state index contributed by atoms with van der Waals surface area (Å²) in [6.07, 6.45) is 0. The molecule has 24 heavy (non-hydrogen) atoms. The van der Waals surface area contributed by atoms with Gasteiger partial charge in [0.15, 0.2) is 0 Å². The first-order valence-corrected chi connectivity index (χ1v) is 7.94. The van der Waals surface area contributed by atoms with Crippen molar-refractivity contribution in [1.82, 2.24) is 10.6 Å². The average Bonchev–Trinajstić information content (AvgIpc) is 2.59. The maximum absolute atomic E-state index is 11.9. The molecule has 1 atom stereocenters. The molecule has 0 heterocycles. The van der Waals surface area contributed by atoms with Crippen molar-refractivity contribution in [2.24, 2.45) is 0 Å². The Labute approximate surface area is 143 Å². The van der Waals surface area contributed by atoms with Gasteiger partial charge in [0.1, 0.15) is 5.60 Å². The highest BCUT2D eigenvalue weighted by Crippen LogP contribution is 2.18. The summed E-state index contributed by atoms with van der Waals surface area (Å²) in [6, 6.07) is 17.0. The second kappa shape index (κ2) is 7.84. The number of amides is 2. The number of hydrogen-bond acceptors (Lipinski definition) is 3. The topological polar surface area (TPSA) is 64.6 Å². The summed E-state index contributed by atoms with van der Waals surface area (Å²) in [4.78, 5) is 14.0. The third kappa shape index (κ3) is 4.99. The van der Waals surface area contributed by atoms with E-state index in [1.54, 1.807) is 6.92 Å². The molecule has 0 aliphatic carbocycles. The fourth-order valence-corrected chi connectivity index (χ4v) is 2.31. The number of benzene rings is 2. The second-order valence-electron chi connectivity index (χ2n) is 6.24. The maximum atomic E-state index is 11.9. The van der Waals surface area contributed by atoms with E-state index in [0.29, 0.717) is 6.54 Å². The molecule has 0 radical (unpaired) electrons. The van der Waals surface area contributed by atoms with Crippen LogP contribution in [0.3, 0.4) is 0 Å². The Hall–Kier alpha value is -2.53. The number of hydrogen-bond donors (Lipinski definition) is 3. The average molecular weight is 327 g/mol. The van der Waals surface area contributed by atoms with Gasteiger partial charge in [-0.25, -0.2) is 4.79 Å². The maximum Gasteiger partial charge on any atom is 0.315 e. The quantitative estimate of drug-likeness (QED) is 0.764. The lowest BCUT2D eigenvalue weighted by Gasteiger charge is -2.24. The molecule has 3 N–H and O–H groups in total. The third-order valence-electron chi connectivity index (χ3n) is 3.89. The van der Waals surface area contributed by atoms with Crippen LogP contribution in [0.15, 0.2) is 54.6 Å². The number of urea groups is 1. The lowest BCUT2D eigenvalue weighted by Crippen LogP contribution is -2.43. The van der Waals surface area contributed by atoms with Crippen molar-refractivity contribution in [3.63, 3.8) is 0 Å². The molecule has 0 fully saturated rings. The number of anilines is 1. The number of nitrogens with zero attached hydrogens (tertiary/aromatic N) is 1. The lowest BCUT2D eigenvalue weighted by atomic mass is 9.96. The Balaban J connectivity index is 1.81. The summed E-state index contributed by atoms with van der Waals surface area (Å²) in [5, 5.41) is 16.0. The van der Waals surface area contributed by atoms with Crippen LogP contribution in [-0.4, -0.2) is 31.8 Å². The number of carbonyl (C=O) groups is 1. The van der Waals surface area contributed by atoms with Gasteiger partial charge in [0.25, 0.3) is 0 Å². The predicted octanol–water partition coefficient (Wildman–Crippen LogP) is 2.46. The van der Waals surface area contributed by atoms with Crippen molar-refractivity contribution in [2.75, 3.05) is 25.5 Å². The minimum absolute atomic E-state index is 0.141. The minimum atomic E-state index is -1.11. The first-order chi connectivity index (χ1) is 11.4. The van der Waals surface area contributed by atoms with Gasteiger partial charge in [0, 0.05) is 26.3 Å². The zero-order valence-corrected chi connectivity index (χ0v) is 14.4. The van der Waals surface area contributed by atoms with Gasteiger partial charge in [-0.15, -0.1) is 0 Å². The van der Waals surface area contributed by atoms with Crippen molar-refractivity contribution in [3.05, 3.63) is 65.7 Å². The summed E-state index contributed by atoms with van der Waals surface area (Å²) in [5.74, 6) is 0. The van der Waals surface area contributed by atoms with E-state index in [2.05, 4.69) is 10.6 Å². The molecule has 2 aromatic carbocycles. The molecule has 0 spiro atoms. The van der Waals surface area contributed by atoms with Crippen LogP contribution in [-0.2, 0) is 12.1 Å². The molecule has 0 saturated heterocycles. The van der Waals surface area contributed by atoms with Crippen LogP contribution in [0, 0.1) is 0 Å². The summed E-state index contributed by atoms with van der Waals surface area (Å²) in [7, 11) is 3.97. The molecule has 5 nitrogen and oxygen atoms in total. The van der Waals surface area contributed by atoms with E-state index >= 15 is 0 Å². The van der Waals surface area contributed by atoms with Crippen molar-refractivity contribution < 1.29 is 9.90 Å². The Morgan fingerprint density at radius 1 is 1.04 bits per heavy atom. The molecule has 2 aromatic rings. The van der Waals surface area contributed by atoms with E-state index in [-0.39, 0.29) is 12.6 Å². The highest BCUT2D eigenvalue weighted by molar-refractivity contribution is 5.74. The van der Waals surface area contributed by atoms with Crippen LogP contribution in [0.4, 0.5) is 10.5 Å². The van der Waals surface area contributed by atoms with Gasteiger partial charge >= 0.3 is 6.03 Å². The van der Waals surface area contributed by atoms with Gasteiger partial charge in [-0.3, -0.25) is 0 Å². The van der Waals surface area contributed by atoms with Gasteiger partial charge in [-0.1, -0.05) is 42.5 Å². The number of carbonyl (C=O) groups excluding carboxylic acids is 1. The van der Waals surface area contributed by atoms with Crippen LogP contribution in [0.2, 0.25) is 0 Å². The molecular formula is C19H25N3O2. The van der Waals surface area contributed by atoms with E-state index in [4.69, 9.17) is 0 Å². The van der Waals surface area contributed by atoms with Gasteiger partial charge in [0.2, 0.25) is 0 Å². The van der Waals surface area contributed by atoms with E-state index < -0.39 is 5.60 Å². The highest BCUT2D eigenvalue weighted by atomic mass is 16.3. The van der Waals surface area contributed by atoms with Gasteiger partial charge in [0.05, 0.1) is 6.54 Å². The van der Waals surface area contributed by atoms with Crippen LogP contribution in [0.5, 0.6) is 0 Å². The molecule has 1 unspecified atom stereocenters. The van der Waals surface area contributed by atoms with Gasteiger partial charge in [-0.2, -0.15) is 0 Å². The Kier molecular flexibility index (Phi) is 5.82. The molecule has 128 valence electrons. The summed E-state index contributed by atoms with van der Waals surface area (Å²) < 4.78 is 0. The molecule has 0 aliphatic heterocycles. The summed E-state index contributed by atoms with van der Waals surface area (Å²) in [5.41, 5.74) is 1.80. The van der Waals surface area contributed by atoms with Crippen molar-refractivity contribution in [1.29, 1.82) is 0 Å². The fourth-order valence-electron chi connectivity index (χ4n) is 2.31. The standard InChI is InChI=1S/C19H25N3O2/c1-19(24,16-7-5-4-6-8-16)14-21-18(23)20-13-15-9-11-17(12-10-15)22(2)3/h4-12,24H,13-14H2,1-3H3,(H2,20,21,23). The molecule has 0 saturated carbocycles. The number of aliphatic hydroxyl groups is 1. The molecule has 0 aromatic heterocycles. The first-order valence-electron chi connectivity index (χ1n) is 7.94. The third-order valence-corrected chi connectivity index (χ3v) is 3.89. The van der Waals surface area contributed by atoms with Crippen LogP contribution >= 0.6 is 0 Å². The molecular weight excluding hydrogens is 302 g/mol. The number of rotatable bonds is 6. The summed E-state index contributed by atoms with van der Waals surface area (Å²) >= 11 is 0. The minimum Gasteiger partial charge on any atom is -0.384 e. The molecule has 0 bridgehead atoms. The van der Waals surface area contributed by atoms with Gasteiger partial charge in [-0.05, 0) is 30.2 Å². The molecule has 2 rings (SSSR count). The van der Waals surface area contributed by atoms with Crippen molar-refractivity contribution in [3.8, 4) is 0 Å². The SMILES string of the molecule is CN(C)c1ccc(CNC(=O)NCC(C)(O)c2ccccc2)cc1. The second-order valence-corrected chi connectivity index (χ2v) is 6.24.